The van der Waals surface area contributed by atoms with Crippen molar-refractivity contribution in [2.45, 2.75) is 26.2 Å². The molecule has 4 nitrogen and oxygen atoms in total. The van der Waals surface area contributed by atoms with Gasteiger partial charge in [-0.05, 0) is 80.9 Å². The van der Waals surface area contributed by atoms with Crippen LogP contribution in [0.4, 0.5) is 5.69 Å². The van der Waals surface area contributed by atoms with Gasteiger partial charge in [0.15, 0.2) is 5.58 Å². The zero-order chi connectivity index (χ0) is 30.3. The maximum Gasteiger partial charge on any atom is 0.229 e. The summed E-state index contributed by atoms with van der Waals surface area (Å²) in [6, 6.07) is 43.0. The molecule has 1 N–H and O–H groups in total. The lowest BCUT2D eigenvalue weighted by Crippen LogP contribution is -2.11. The molecular formula is C40H32N2O2. The van der Waals surface area contributed by atoms with E-state index >= 15 is 0 Å². The fourth-order valence-electron chi connectivity index (χ4n) is 5.55. The first kappa shape index (κ1) is 27.4. The van der Waals surface area contributed by atoms with Crippen LogP contribution >= 0.6 is 0 Å². The standard InChI is InChI=1S/C40H32N2O2/c1-40(2,3)32-19-20-36(43)31(22-32)25-41-35-16-10-9-15-33(35)39-42-38-34(27-12-5-4-6-13-27)23-30(24-37(38)44-39)29-18-17-26-11-7-8-14-28(26)21-29/h4-25,43H,1-3H3. The van der Waals surface area contributed by atoms with Crippen LogP contribution in [0.15, 0.2) is 137 Å². The second-order valence-corrected chi connectivity index (χ2v) is 12.1. The highest BCUT2D eigenvalue weighted by atomic mass is 16.3. The number of hydrogen-bond donors (Lipinski definition) is 1. The van der Waals surface area contributed by atoms with E-state index in [4.69, 9.17) is 14.4 Å². The monoisotopic (exact) mass is 572 g/mol. The molecule has 0 saturated heterocycles. The Hall–Kier alpha value is -5.48. The summed E-state index contributed by atoms with van der Waals surface area (Å²) in [7, 11) is 0. The molecule has 0 fully saturated rings. The van der Waals surface area contributed by atoms with Gasteiger partial charge in [-0.25, -0.2) is 4.98 Å². The van der Waals surface area contributed by atoms with E-state index in [-0.39, 0.29) is 11.2 Å². The van der Waals surface area contributed by atoms with Crippen molar-refractivity contribution in [1.82, 2.24) is 4.98 Å². The van der Waals surface area contributed by atoms with E-state index in [1.807, 2.05) is 54.6 Å². The molecule has 44 heavy (non-hydrogen) atoms. The van der Waals surface area contributed by atoms with Gasteiger partial charge in [-0.15, -0.1) is 0 Å². The molecule has 1 aromatic heterocycles. The fourth-order valence-corrected chi connectivity index (χ4v) is 5.55. The van der Waals surface area contributed by atoms with E-state index in [2.05, 4.69) is 87.5 Å². The van der Waals surface area contributed by atoms with Crippen LogP contribution in [0.2, 0.25) is 0 Å². The number of oxazole rings is 1. The van der Waals surface area contributed by atoms with Gasteiger partial charge in [0.25, 0.3) is 0 Å². The summed E-state index contributed by atoms with van der Waals surface area (Å²) >= 11 is 0. The quantitative estimate of drug-likeness (QED) is 0.209. The van der Waals surface area contributed by atoms with E-state index < -0.39 is 0 Å². The van der Waals surface area contributed by atoms with E-state index in [9.17, 15) is 5.11 Å². The van der Waals surface area contributed by atoms with Crippen LogP contribution in [0.3, 0.4) is 0 Å². The molecule has 4 heteroatoms. The SMILES string of the molecule is CC(C)(C)c1ccc(O)c(C=Nc2ccccc2-c2nc3c(-c4ccccc4)cc(-c4ccc5ccccc5c4)cc3o2)c1. The molecule has 0 unspecified atom stereocenters. The molecule has 0 radical (unpaired) electrons. The number of aromatic hydroxyl groups is 1. The average molecular weight is 573 g/mol. The Bertz CT molecular complexity index is 2170. The van der Waals surface area contributed by atoms with Gasteiger partial charge < -0.3 is 9.52 Å². The molecule has 0 saturated carbocycles. The number of nitrogens with zero attached hydrogens (tertiary/aromatic N) is 2. The summed E-state index contributed by atoms with van der Waals surface area (Å²) < 4.78 is 6.51. The number of aromatic nitrogens is 1. The second kappa shape index (κ2) is 11.0. The van der Waals surface area contributed by atoms with Crippen molar-refractivity contribution < 1.29 is 9.52 Å². The zero-order valence-corrected chi connectivity index (χ0v) is 25.0. The molecule has 0 aliphatic rings. The van der Waals surface area contributed by atoms with Crippen LogP contribution in [-0.4, -0.2) is 16.3 Å². The molecule has 7 aromatic rings. The van der Waals surface area contributed by atoms with E-state index in [1.165, 1.54) is 10.8 Å². The summed E-state index contributed by atoms with van der Waals surface area (Å²) in [4.78, 5) is 9.83. The predicted octanol–water partition coefficient (Wildman–Crippen LogP) is 10.7. The van der Waals surface area contributed by atoms with Gasteiger partial charge in [0.2, 0.25) is 5.89 Å². The first-order valence-electron chi connectivity index (χ1n) is 14.8. The molecule has 214 valence electrons. The maximum absolute atomic E-state index is 10.6. The summed E-state index contributed by atoms with van der Waals surface area (Å²) in [6.07, 6.45) is 1.71. The van der Waals surface area contributed by atoms with Crippen molar-refractivity contribution in [2.24, 2.45) is 4.99 Å². The highest BCUT2D eigenvalue weighted by Gasteiger charge is 2.18. The molecule has 0 amide bonds. The maximum atomic E-state index is 10.6. The zero-order valence-electron chi connectivity index (χ0n) is 25.0. The van der Waals surface area contributed by atoms with E-state index in [0.29, 0.717) is 22.7 Å². The molecule has 0 spiro atoms. The predicted molar refractivity (Wildman–Crippen MR) is 182 cm³/mol. The normalized spacial score (nSPS) is 12.0. The summed E-state index contributed by atoms with van der Waals surface area (Å²) in [5.41, 5.74) is 8.97. The van der Waals surface area contributed by atoms with Crippen LogP contribution in [0.1, 0.15) is 31.9 Å². The number of phenols is 1. The van der Waals surface area contributed by atoms with Gasteiger partial charge in [-0.2, -0.15) is 0 Å². The topological polar surface area (TPSA) is 58.6 Å². The molecule has 1 heterocycles. The summed E-state index contributed by atoms with van der Waals surface area (Å²) in [5.74, 6) is 0.683. The molecule has 0 atom stereocenters. The van der Waals surface area contributed by atoms with Gasteiger partial charge in [0.05, 0.1) is 11.3 Å². The number of phenolic OH excluding ortho intramolecular Hbond substituents is 1. The van der Waals surface area contributed by atoms with Crippen molar-refractivity contribution in [3.8, 4) is 39.5 Å². The van der Waals surface area contributed by atoms with Gasteiger partial charge in [0, 0.05) is 17.3 Å². The Kier molecular flexibility index (Phi) is 6.83. The minimum Gasteiger partial charge on any atom is -0.507 e. The minimum absolute atomic E-state index is 0.0471. The Morgan fingerprint density at radius 3 is 2.23 bits per heavy atom. The molecule has 0 aliphatic heterocycles. The molecule has 0 aliphatic carbocycles. The fraction of sp³-hybridized carbons (Fsp3) is 0.100. The molecule has 6 aromatic carbocycles. The second-order valence-electron chi connectivity index (χ2n) is 12.1. The smallest absolute Gasteiger partial charge is 0.229 e. The van der Waals surface area contributed by atoms with Crippen LogP contribution in [-0.2, 0) is 5.41 Å². The number of para-hydroxylation sites is 1. The Labute approximate surface area is 257 Å². The largest absolute Gasteiger partial charge is 0.507 e. The average Bonchev–Trinajstić information content (AvgIpc) is 3.48. The lowest BCUT2D eigenvalue weighted by molar-refractivity contribution is 0.473. The number of fused-ring (bicyclic) bond motifs is 2. The summed E-state index contributed by atoms with van der Waals surface area (Å²) in [6.45, 7) is 6.45. The van der Waals surface area contributed by atoms with Crippen LogP contribution in [0.5, 0.6) is 5.75 Å². The van der Waals surface area contributed by atoms with Crippen molar-refractivity contribution in [3.63, 3.8) is 0 Å². The Balaban J connectivity index is 1.35. The lowest BCUT2D eigenvalue weighted by Gasteiger charge is -2.19. The molecule has 0 bridgehead atoms. The number of rotatable bonds is 5. The van der Waals surface area contributed by atoms with Crippen molar-refractivity contribution >= 4 is 33.8 Å². The van der Waals surface area contributed by atoms with Crippen molar-refractivity contribution in [3.05, 3.63) is 139 Å². The van der Waals surface area contributed by atoms with Gasteiger partial charge in [-0.1, -0.05) is 106 Å². The van der Waals surface area contributed by atoms with Crippen LogP contribution in [0.25, 0.3) is 55.6 Å². The molecule has 7 rings (SSSR count). The number of benzene rings is 6. The lowest BCUT2D eigenvalue weighted by atomic mass is 9.86. The first-order chi connectivity index (χ1) is 21.3. The van der Waals surface area contributed by atoms with Crippen molar-refractivity contribution in [1.29, 1.82) is 0 Å². The van der Waals surface area contributed by atoms with E-state index in [1.54, 1.807) is 12.3 Å². The van der Waals surface area contributed by atoms with Crippen LogP contribution < -0.4 is 0 Å². The van der Waals surface area contributed by atoms with E-state index in [0.717, 1.165) is 38.9 Å². The summed E-state index contributed by atoms with van der Waals surface area (Å²) in [5, 5.41) is 13.0. The van der Waals surface area contributed by atoms with Gasteiger partial charge in [0.1, 0.15) is 11.3 Å². The van der Waals surface area contributed by atoms with Crippen LogP contribution in [0, 0.1) is 0 Å². The first-order valence-corrected chi connectivity index (χ1v) is 14.8. The third kappa shape index (κ3) is 5.27. The minimum atomic E-state index is -0.0471. The highest BCUT2D eigenvalue weighted by molar-refractivity contribution is 5.98. The highest BCUT2D eigenvalue weighted by Crippen LogP contribution is 2.39. The van der Waals surface area contributed by atoms with Gasteiger partial charge >= 0.3 is 0 Å². The third-order valence-corrected chi connectivity index (χ3v) is 8.03. The van der Waals surface area contributed by atoms with Gasteiger partial charge in [-0.3, -0.25) is 4.99 Å². The number of hydrogen-bond acceptors (Lipinski definition) is 4. The van der Waals surface area contributed by atoms with Crippen molar-refractivity contribution in [2.75, 3.05) is 0 Å². The molecular weight excluding hydrogens is 540 g/mol. The third-order valence-electron chi connectivity index (χ3n) is 8.03. The number of aliphatic imine (C=N–C) groups is 1. The Morgan fingerprint density at radius 2 is 1.41 bits per heavy atom. The Morgan fingerprint density at radius 1 is 0.659 bits per heavy atom.